The van der Waals surface area contributed by atoms with E-state index in [1.165, 1.54) is 12.1 Å². The first kappa shape index (κ1) is 23.7. The fourth-order valence-electron chi connectivity index (χ4n) is 3.84. The molecule has 0 saturated heterocycles. The van der Waals surface area contributed by atoms with E-state index in [4.69, 9.17) is 14.3 Å². The van der Waals surface area contributed by atoms with Gasteiger partial charge in [-0.05, 0) is 61.4 Å². The number of hydrogen-bond donors (Lipinski definition) is 1. The van der Waals surface area contributed by atoms with E-state index in [0.717, 1.165) is 17.0 Å². The zero-order chi connectivity index (χ0) is 23.9. The number of aromatic nitrogens is 2. The molecule has 0 fully saturated rings. The predicted octanol–water partition coefficient (Wildman–Crippen LogP) is 5.73. The summed E-state index contributed by atoms with van der Waals surface area (Å²) in [7, 11) is 0. The highest BCUT2D eigenvalue weighted by Gasteiger charge is 2.24. The zero-order valence-electron chi connectivity index (χ0n) is 19.5. The molecule has 178 valence electrons. The number of para-hydroxylation sites is 1. The molecular weight excluding hydrogens is 433 g/mol. The molecule has 4 rings (SSSR count). The fourth-order valence-corrected chi connectivity index (χ4v) is 3.84. The average molecular weight is 464 g/mol. The molecule has 0 aliphatic heterocycles. The first-order valence-electron chi connectivity index (χ1n) is 11.6. The van der Waals surface area contributed by atoms with Crippen molar-refractivity contribution in [2.75, 3.05) is 6.54 Å². The topological polar surface area (TPSA) is 63.7 Å². The Labute approximate surface area is 199 Å². The van der Waals surface area contributed by atoms with E-state index in [-0.39, 0.29) is 5.82 Å². The molecule has 0 unspecified atom stereocenters. The molecule has 2 aromatic heterocycles. The van der Waals surface area contributed by atoms with Crippen LogP contribution in [0, 0.1) is 5.82 Å². The van der Waals surface area contributed by atoms with Crippen LogP contribution < -0.4 is 4.74 Å². The zero-order valence-corrected chi connectivity index (χ0v) is 19.5. The molecule has 0 bridgehead atoms. The van der Waals surface area contributed by atoms with Gasteiger partial charge < -0.3 is 14.3 Å². The number of hydrogen-bond acceptors (Lipinski definition) is 5. The number of benzene rings is 2. The number of aliphatic hydroxyl groups is 1. The minimum Gasteiger partial charge on any atom is -0.468 e. The van der Waals surface area contributed by atoms with Gasteiger partial charge in [-0.25, -0.2) is 9.07 Å². The van der Waals surface area contributed by atoms with Crippen molar-refractivity contribution in [3.8, 4) is 17.3 Å². The van der Waals surface area contributed by atoms with Crippen molar-refractivity contribution in [3.05, 3.63) is 95.8 Å². The summed E-state index contributed by atoms with van der Waals surface area (Å²) in [5.41, 5.74) is 2.51. The summed E-state index contributed by atoms with van der Waals surface area (Å²) in [6.07, 6.45) is 2.53. The monoisotopic (exact) mass is 463 g/mol. The van der Waals surface area contributed by atoms with Gasteiger partial charge in [-0.1, -0.05) is 32.0 Å². The van der Waals surface area contributed by atoms with E-state index in [1.54, 1.807) is 23.1 Å². The second-order valence-electron chi connectivity index (χ2n) is 8.20. The van der Waals surface area contributed by atoms with Crippen molar-refractivity contribution in [1.82, 2.24) is 14.7 Å². The van der Waals surface area contributed by atoms with Gasteiger partial charge >= 0.3 is 0 Å². The van der Waals surface area contributed by atoms with Gasteiger partial charge in [-0.3, -0.25) is 4.90 Å². The fraction of sp³-hybridized carbons (Fsp3) is 0.296. The lowest BCUT2D eigenvalue weighted by atomic mass is 10.1. The van der Waals surface area contributed by atoms with Crippen LogP contribution in [-0.2, 0) is 19.5 Å². The van der Waals surface area contributed by atoms with E-state index in [0.29, 0.717) is 49.8 Å². The standard InChI is InChI=1S/C27H30FN3O3/c1-3-22(32)17-30(18-24-11-8-16-33-24)19-25-26(4-2)29-31(21-14-12-20(28)13-15-21)27(25)34-23-9-6-5-7-10-23/h5-16,22,32H,3-4,17-19H2,1-2H3/t22-/m0/s1. The van der Waals surface area contributed by atoms with Crippen LogP contribution in [-0.4, -0.2) is 32.4 Å². The Bertz CT molecular complexity index is 1160. The third-order valence-electron chi connectivity index (χ3n) is 5.66. The number of aliphatic hydroxyl groups excluding tert-OH is 1. The molecule has 1 N–H and O–H groups in total. The van der Waals surface area contributed by atoms with Crippen molar-refractivity contribution in [2.45, 2.75) is 45.9 Å². The van der Waals surface area contributed by atoms with Crippen LogP contribution >= 0.6 is 0 Å². The maximum absolute atomic E-state index is 13.6. The first-order valence-corrected chi connectivity index (χ1v) is 11.6. The summed E-state index contributed by atoms with van der Waals surface area (Å²) in [4.78, 5) is 2.13. The Morgan fingerprint density at radius 2 is 1.79 bits per heavy atom. The first-order chi connectivity index (χ1) is 16.6. The van der Waals surface area contributed by atoms with Crippen molar-refractivity contribution in [3.63, 3.8) is 0 Å². The highest BCUT2D eigenvalue weighted by molar-refractivity contribution is 5.44. The van der Waals surface area contributed by atoms with E-state index in [9.17, 15) is 9.50 Å². The number of rotatable bonds is 11. The molecule has 6 nitrogen and oxygen atoms in total. The summed E-state index contributed by atoms with van der Waals surface area (Å²) in [5.74, 6) is 1.76. The largest absolute Gasteiger partial charge is 0.468 e. The smallest absolute Gasteiger partial charge is 0.227 e. The van der Waals surface area contributed by atoms with Crippen LogP contribution in [0.25, 0.3) is 5.69 Å². The number of ether oxygens (including phenoxy) is 1. The third kappa shape index (κ3) is 5.73. The van der Waals surface area contributed by atoms with Gasteiger partial charge in [0.2, 0.25) is 5.88 Å². The van der Waals surface area contributed by atoms with Crippen LogP contribution in [0.5, 0.6) is 11.6 Å². The Morgan fingerprint density at radius 3 is 2.44 bits per heavy atom. The molecule has 34 heavy (non-hydrogen) atoms. The molecule has 0 spiro atoms. The summed E-state index contributed by atoms with van der Waals surface area (Å²) in [6.45, 7) is 5.53. The minimum absolute atomic E-state index is 0.310. The highest BCUT2D eigenvalue weighted by atomic mass is 19.1. The molecule has 0 aliphatic carbocycles. The van der Waals surface area contributed by atoms with E-state index < -0.39 is 6.10 Å². The van der Waals surface area contributed by atoms with Gasteiger partial charge in [0.1, 0.15) is 17.3 Å². The Kier molecular flexibility index (Phi) is 7.77. The molecule has 4 aromatic rings. The summed E-state index contributed by atoms with van der Waals surface area (Å²) < 4.78 is 27.3. The van der Waals surface area contributed by atoms with Crippen LogP contribution in [0.3, 0.4) is 0 Å². The van der Waals surface area contributed by atoms with Gasteiger partial charge in [0.15, 0.2) is 0 Å². The van der Waals surface area contributed by atoms with Crippen molar-refractivity contribution >= 4 is 0 Å². The quantitative estimate of drug-likeness (QED) is 0.308. The lowest BCUT2D eigenvalue weighted by Gasteiger charge is -2.24. The third-order valence-corrected chi connectivity index (χ3v) is 5.66. The van der Waals surface area contributed by atoms with E-state index in [1.807, 2.05) is 56.3 Å². The lowest BCUT2D eigenvalue weighted by Crippen LogP contribution is -2.31. The Hall–Kier alpha value is -3.42. The lowest BCUT2D eigenvalue weighted by molar-refractivity contribution is 0.0968. The van der Waals surface area contributed by atoms with Crippen molar-refractivity contribution in [2.24, 2.45) is 0 Å². The van der Waals surface area contributed by atoms with Gasteiger partial charge in [0.05, 0.1) is 35.9 Å². The number of furan rings is 1. The van der Waals surface area contributed by atoms with Crippen LogP contribution in [0.2, 0.25) is 0 Å². The van der Waals surface area contributed by atoms with Gasteiger partial charge in [-0.15, -0.1) is 0 Å². The van der Waals surface area contributed by atoms with Crippen molar-refractivity contribution < 1.29 is 18.7 Å². The minimum atomic E-state index is -0.467. The molecule has 2 aromatic carbocycles. The number of halogens is 1. The van der Waals surface area contributed by atoms with Crippen LogP contribution in [0.15, 0.2) is 77.4 Å². The Morgan fingerprint density at radius 1 is 1.03 bits per heavy atom. The van der Waals surface area contributed by atoms with Gasteiger partial charge in [0.25, 0.3) is 0 Å². The maximum atomic E-state index is 13.6. The number of aryl methyl sites for hydroxylation is 1. The van der Waals surface area contributed by atoms with E-state index in [2.05, 4.69) is 4.90 Å². The normalized spacial score (nSPS) is 12.3. The highest BCUT2D eigenvalue weighted by Crippen LogP contribution is 2.32. The molecule has 0 saturated carbocycles. The Balaban J connectivity index is 1.76. The summed E-state index contributed by atoms with van der Waals surface area (Å²) in [6, 6.07) is 19.5. The molecular formula is C27H30FN3O3. The summed E-state index contributed by atoms with van der Waals surface area (Å²) >= 11 is 0. The van der Waals surface area contributed by atoms with Gasteiger partial charge in [-0.2, -0.15) is 5.10 Å². The van der Waals surface area contributed by atoms with Crippen molar-refractivity contribution in [1.29, 1.82) is 0 Å². The molecule has 1 atom stereocenters. The molecule has 0 radical (unpaired) electrons. The van der Waals surface area contributed by atoms with Gasteiger partial charge in [0, 0.05) is 13.1 Å². The molecule has 0 aliphatic rings. The second-order valence-corrected chi connectivity index (χ2v) is 8.20. The van der Waals surface area contributed by atoms with E-state index >= 15 is 0 Å². The number of nitrogens with zero attached hydrogens (tertiary/aromatic N) is 3. The maximum Gasteiger partial charge on any atom is 0.227 e. The molecule has 7 heteroatoms. The predicted molar refractivity (Wildman–Crippen MR) is 129 cm³/mol. The molecule has 0 amide bonds. The molecule has 2 heterocycles. The second kappa shape index (κ2) is 11.1. The average Bonchev–Trinajstić information content (AvgIpc) is 3.48. The van der Waals surface area contributed by atoms with Crippen LogP contribution in [0.1, 0.15) is 37.3 Å². The SMILES string of the molecule is CCc1nn(-c2ccc(F)cc2)c(Oc2ccccc2)c1CN(Cc1ccco1)C[C@@H](O)CC. The summed E-state index contributed by atoms with van der Waals surface area (Å²) in [5, 5.41) is 15.2. The van der Waals surface area contributed by atoms with Crippen LogP contribution in [0.4, 0.5) is 4.39 Å².